The Balaban J connectivity index is 2.56. The van der Waals surface area contributed by atoms with Crippen LogP contribution in [0.15, 0.2) is 36.8 Å². The molecule has 0 aliphatic rings. The summed E-state index contributed by atoms with van der Waals surface area (Å²) in [6.07, 6.45) is 5.57. The van der Waals surface area contributed by atoms with Crippen LogP contribution in [-0.2, 0) is 0 Å². The van der Waals surface area contributed by atoms with Crippen LogP contribution in [0.2, 0.25) is 0 Å². The Kier molecular flexibility index (Phi) is 2.41. The van der Waals surface area contributed by atoms with Gasteiger partial charge in [-0.25, -0.2) is 0 Å². The van der Waals surface area contributed by atoms with E-state index >= 15 is 0 Å². The lowest BCUT2D eigenvalue weighted by molar-refractivity contribution is 1.20. The number of hydrogen-bond donors (Lipinski definition) is 1. The molecule has 0 saturated carbocycles. The Bertz CT molecular complexity index is 485. The lowest BCUT2D eigenvalue weighted by atomic mass is 10.1. The third kappa shape index (κ3) is 1.72. The molecule has 2 heterocycles. The summed E-state index contributed by atoms with van der Waals surface area (Å²) in [5.74, 6) is 0. The van der Waals surface area contributed by atoms with Crippen molar-refractivity contribution in [2.75, 3.05) is 0 Å². The minimum Gasteiger partial charge on any atom is -0.367 e. The molecule has 0 radical (unpaired) electrons. The van der Waals surface area contributed by atoms with Crippen LogP contribution in [0.25, 0.3) is 11.1 Å². The number of aryl methyl sites for hydroxylation is 1. The maximum atomic E-state index is 5.22. The van der Waals surface area contributed by atoms with Crippen molar-refractivity contribution in [3.05, 3.63) is 47.0 Å². The highest BCUT2D eigenvalue weighted by molar-refractivity contribution is 7.71. The first kappa shape index (κ1) is 9.09. The van der Waals surface area contributed by atoms with Crippen molar-refractivity contribution in [1.82, 2.24) is 9.97 Å². The molecule has 2 rings (SSSR count). The second kappa shape index (κ2) is 3.72. The molecule has 0 spiro atoms. The highest BCUT2D eigenvalue weighted by atomic mass is 32.1. The zero-order chi connectivity index (χ0) is 9.97. The molecular weight excluding hydrogens is 192 g/mol. The molecule has 2 nitrogen and oxygen atoms in total. The highest BCUT2D eigenvalue weighted by Gasteiger charge is 1.98. The van der Waals surface area contributed by atoms with Crippen molar-refractivity contribution in [3.63, 3.8) is 0 Å². The Labute approximate surface area is 87.7 Å². The summed E-state index contributed by atoms with van der Waals surface area (Å²) in [6.45, 7) is 1.97. The molecule has 0 fully saturated rings. The molecule has 0 aliphatic heterocycles. The van der Waals surface area contributed by atoms with E-state index in [0.717, 1.165) is 21.3 Å². The Morgan fingerprint density at radius 1 is 1.29 bits per heavy atom. The standard InChI is InChI=1S/C11H10N2S/c1-8-2-3-9(6-13-8)10-7-12-5-4-11(10)14/h2-7H,1H3,(H,12,14). The van der Waals surface area contributed by atoms with Crippen LogP contribution in [0, 0.1) is 11.4 Å². The van der Waals surface area contributed by atoms with Gasteiger partial charge in [-0.3, -0.25) is 4.98 Å². The molecule has 0 amide bonds. The number of aromatic amines is 1. The largest absolute Gasteiger partial charge is 0.367 e. The van der Waals surface area contributed by atoms with Gasteiger partial charge in [-0.15, -0.1) is 0 Å². The van der Waals surface area contributed by atoms with Gasteiger partial charge in [-0.1, -0.05) is 18.3 Å². The Morgan fingerprint density at radius 3 is 2.79 bits per heavy atom. The van der Waals surface area contributed by atoms with Crippen molar-refractivity contribution in [1.29, 1.82) is 0 Å². The van der Waals surface area contributed by atoms with E-state index in [-0.39, 0.29) is 0 Å². The number of hydrogen-bond acceptors (Lipinski definition) is 2. The van der Waals surface area contributed by atoms with Crippen LogP contribution in [-0.4, -0.2) is 9.97 Å². The number of nitrogens with one attached hydrogen (secondary N) is 1. The normalized spacial score (nSPS) is 10.1. The van der Waals surface area contributed by atoms with Gasteiger partial charge in [0.15, 0.2) is 0 Å². The first-order valence-corrected chi connectivity index (χ1v) is 4.78. The van der Waals surface area contributed by atoms with Crippen LogP contribution in [0.4, 0.5) is 0 Å². The van der Waals surface area contributed by atoms with Crippen molar-refractivity contribution in [2.45, 2.75) is 6.92 Å². The van der Waals surface area contributed by atoms with Crippen LogP contribution in [0.1, 0.15) is 5.69 Å². The van der Waals surface area contributed by atoms with Gasteiger partial charge in [-0.2, -0.15) is 0 Å². The zero-order valence-electron chi connectivity index (χ0n) is 7.82. The van der Waals surface area contributed by atoms with Crippen molar-refractivity contribution >= 4 is 12.2 Å². The van der Waals surface area contributed by atoms with Gasteiger partial charge in [0.2, 0.25) is 0 Å². The molecule has 0 saturated heterocycles. The average molecular weight is 202 g/mol. The minimum absolute atomic E-state index is 0.842. The quantitative estimate of drug-likeness (QED) is 0.720. The van der Waals surface area contributed by atoms with Gasteiger partial charge in [0.25, 0.3) is 0 Å². The van der Waals surface area contributed by atoms with Gasteiger partial charge in [-0.05, 0) is 19.1 Å². The maximum absolute atomic E-state index is 5.22. The summed E-state index contributed by atoms with van der Waals surface area (Å²) in [6, 6.07) is 5.89. The average Bonchev–Trinajstić information content (AvgIpc) is 2.20. The maximum Gasteiger partial charge on any atom is 0.0485 e. The van der Waals surface area contributed by atoms with E-state index in [4.69, 9.17) is 12.2 Å². The van der Waals surface area contributed by atoms with E-state index in [1.165, 1.54) is 0 Å². The molecule has 0 unspecified atom stereocenters. The van der Waals surface area contributed by atoms with Crippen LogP contribution in [0.3, 0.4) is 0 Å². The molecule has 0 aliphatic carbocycles. The SMILES string of the molecule is Cc1ccc(-c2c[nH]ccc2=S)cn1. The molecule has 0 bridgehead atoms. The molecule has 0 atom stereocenters. The van der Waals surface area contributed by atoms with E-state index in [1.807, 2.05) is 43.7 Å². The summed E-state index contributed by atoms with van der Waals surface area (Å²) in [4.78, 5) is 7.26. The predicted molar refractivity (Wildman–Crippen MR) is 59.6 cm³/mol. The van der Waals surface area contributed by atoms with E-state index in [0.29, 0.717) is 0 Å². The Morgan fingerprint density at radius 2 is 2.14 bits per heavy atom. The van der Waals surface area contributed by atoms with Gasteiger partial charge >= 0.3 is 0 Å². The number of nitrogens with zero attached hydrogens (tertiary/aromatic N) is 1. The molecule has 70 valence electrons. The number of pyridine rings is 2. The smallest absolute Gasteiger partial charge is 0.0485 e. The van der Waals surface area contributed by atoms with Crippen molar-refractivity contribution in [3.8, 4) is 11.1 Å². The second-order valence-electron chi connectivity index (χ2n) is 3.11. The molecule has 2 aromatic rings. The summed E-state index contributed by atoms with van der Waals surface area (Å²) in [5, 5.41) is 0. The van der Waals surface area contributed by atoms with E-state index < -0.39 is 0 Å². The van der Waals surface area contributed by atoms with Gasteiger partial charge in [0, 0.05) is 39.9 Å². The van der Waals surface area contributed by atoms with E-state index in [1.54, 1.807) is 0 Å². The summed E-state index contributed by atoms with van der Waals surface area (Å²) in [7, 11) is 0. The van der Waals surface area contributed by atoms with Gasteiger partial charge in [0.1, 0.15) is 0 Å². The monoisotopic (exact) mass is 202 g/mol. The fraction of sp³-hybridized carbons (Fsp3) is 0.0909. The fourth-order valence-electron chi connectivity index (χ4n) is 1.27. The van der Waals surface area contributed by atoms with Crippen LogP contribution >= 0.6 is 12.2 Å². The van der Waals surface area contributed by atoms with Crippen molar-refractivity contribution in [2.24, 2.45) is 0 Å². The highest BCUT2D eigenvalue weighted by Crippen LogP contribution is 2.18. The lowest BCUT2D eigenvalue weighted by Gasteiger charge is -2.00. The topological polar surface area (TPSA) is 28.7 Å². The summed E-state index contributed by atoms with van der Waals surface area (Å²) < 4.78 is 0.842. The number of aromatic nitrogens is 2. The molecule has 2 aromatic heterocycles. The Hall–Kier alpha value is -1.48. The second-order valence-corrected chi connectivity index (χ2v) is 3.55. The zero-order valence-corrected chi connectivity index (χ0v) is 8.64. The van der Waals surface area contributed by atoms with Crippen LogP contribution in [0.5, 0.6) is 0 Å². The predicted octanol–water partition coefficient (Wildman–Crippen LogP) is 3.11. The third-order valence-corrected chi connectivity index (χ3v) is 2.40. The van der Waals surface area contributed by atoms with Gasteiger partial charge < -0.3 is 4.98 Å². The summed E-state index contributed by atoms with van der Waals surface area (Å²) in [5.41, 5.74) is 3.09. The first-order chi connectivity index (χ1) is 6.77. The molecule has 1 N–H and O–H groups in total. The van der Waals surface area contributed by atoms with Crippen LogP contribution < -0.4 is 0 Å². The molecular formula is C11H10N2S. The number of H-pyrrole nitrogens is 1. The molecule has 3 heteroatoms. The first-order valence-electron chi connectivity index (χ1n) is 4.37. The van der Waals surface area contributed by atoms with Gasteiger partial charge in [0.05, 0.1) is 0 Å². The fourth-order valence-corrected chi connectivity index (χ4v) is 1.51. The number of rotatable bonds is 1. The van der Waals surface area contributed by atoms with E-state index in [2.05, 4.69) is 9.97 Å². The molecule has 14 heavy (non-hydrogen) atoms. The van der Waals surface area contributed by atoms with E-state index in [9.17, 15) is 0 Å². The lowest BCUT2D eigenvalue weighted by Crippen LogP contribution is -1.84. The minimum atomic E-state index is 0.842. The third-order valence-electron chi connectivity index (χ3n) is 2.05. The molecule has 0 aromatic carbocycles. The van der Waals surface area contributed by atoms with Crippen molar-refractivity contribution < 1.29 is 0 Å². The summed E-state index contributed by atoms with van der Waals surface area (Å²) >= 11 is 5.22.